The standard InChI is InChI=1S/C25H31N5O6/c1-13(2)12-18(21(32)28-17(22(33)34)8-9-19(26)31)30-23(35)25(3)20-15(10-11-29(25)24(30)36)14-6-4-5-7-16(14)27-20/h4-7,13,17-18,27H,8-12H2,1-3H3,(H2,26,31)(H,28,32)(H,33,34)/t17-,18-,25-/m0/s1. The van der Waals surface area contributed by atoms with E-state index < -0.39 is 47.3 Å². The van der Waals surface area contributed by atoms with Crippen LogP contribution >= 0.6 is 0 Å². The Hall–Kier alpha value is -3.89. The molecule has 1 aromatic carbocycles. The molecule has 5 amide bonds. The van der Waals surface area contributed by atoms with Crippen molar-refractivity contribution in [1.29, 1.82) is 0 Å². The maximum Gasteiger partial charge on any atom is 0.328 e. The molecule has 0 radical (unpaired) electrons. The van der Waals surface area contributed by atoms with Crippen molar-refractivity contribution in [3.63, 3.8) is 0 Å². The predicted octanol–water partition coefficient (Wildman–Crippen LogP) is 1.45. The van der Waals surface area contributed by atoms with Crippen molar-refractivity contribution in [2.45, 2.75) is 64.1 Å². The van der Waals surface area contributed by atoms with Crippen molar-refractivity contribution in [3.8, 4) is 0 Å². The van der Waals surface area contributed by atoms with Crippen LogP contribution in [-0.4, -0.2) is 68.2 Å². The fourth-order valence-electron chi connectivity index (χ4n) is 5.28. The number of carbonyl (C=O) groups is 5. The number of carbonyl (C=O) groups excluding carboxylic acids is 4. The van der Waals surface area contributed by atoms with E-state index in [2.05, 4.69) is 10.3 Å². The number of rotatable bonds is 9. The highest BCUT2D eigenvalue weighted by atomic mass is 16.4. The minimum absolute atomic E-state index is 0.0793. The summed E-state index contributed by atoms with van der Waals surface area (Å²) in [4.78, 5) is 69.5. The van der Waals surface area contributed by atoms with E-state index in [1.807, 2.05) is 38.1 Å². The molecule has 0 saturated carbocycles. The van der Waals surface area contributed by atoms with E-state index in [9.17, 15) is 29.1 Å². The topological polar surface area (TPSA) is 166 Å². The number of aliphatic carboxylic acids is 1. The van der Waals surface area contributed by atoms with Gasteiger partial charge in [-0.3, -0.25) is 14.4 Å². The van der Waals surface area contributed by atoms with E-state index in [1.54, 1.807) is 6.92 Å². The van der Waals surface area contributed by atoms with Gasteiger partial charge in [0.1, 0.15) is 12.1 Å². The molecule has 0 unspecified atom stereocenters. The molecule has 3 atom stereocenters. The molecule has 4 rings (SSSR count). The Labute approximate surface area is 208 Å². The molecule has 5 N–H and O–H groups in total. The maximum absolute atomic E-state index is 14.0. The van der Waals surface area contributed by atoms with Crippen LogP contribution in [-0.2, 0) is 31.1 Å². The number of hydrogen-bond acceptors (Lipinski definition) is 5. The molecule has 2 aliphatic heterocycles. The average molecular weight is 498 g/mol. The molecule has 36 heavy (non-hydrogen) atoms. The van der Waals surface area contributed by atoms with Crippen molar-refractivity contribution >= 4 is 40.6 Å². The number of fused-ring (bicyclic) bond motifs is 5. The van der Waals surface area contributed by atoms with Gasteiger partial charge in [0.25, 0.3) is 5.91 Å². The molecular weight excluding hydrogens is 466 g/mol. The van der Waals surface area contributed by atoms with E-state index >= 15 is 0 Å². The summed E-state index contributed by atoms with van der Waals surface area (Å²) in [6.07, 6.45) is 0.267. The summed E-state index contributed by atoms with van der Waals surface area (Å²) in [7, 11) is 0. The van der Waals surface area contributed by atoms with Gasteiger partial charge in [-0.15, -0.1) is 0 Å². The van der Waals surface area contributed by atoms with E-state index in [-0.39, 0.29) is 25.2 Å². The Morgan fingerprint density at radius 2 is 1.92 bits per heavy atom. The van der Waals surface area contributed by atoms with Crippen molar-refractivity contribution in [2.24, 2.45) is 11.7 Å². The zero-order valence-corrected chi connectivity index (χ0v) is 20.5. The molecule has 3 heterocycles. The van der Waals surface area contributed by atoms with Crippen LogP contribution in [0.1, 0.15) is 51.3 Å². The monoisotopic (exact) mass is 497 g/mol. The van der Waals surface area contributed by atoms with Gasteiger partial charge in [-0.05, 0) is 43.7 Å². The SMILES string of the molecule is CC(C)C[C@@H](C(=O)N[C@@H](CCC(N)=O)C(=O)O)N1C(=O)N2CCc3c([nH]c4ccccc34)[C@@]2(C)C1=O. The van der Waals surface area contributed by atoms with E-state index in [0.29, 0.717) is 18.7 Å². The number of carboxylic acid groups (broad SMARTS) is 1. The van der Waals surface area contributed by atoms with Crippen molar-refractivity contribution in [1.82, 2.24) is 20.1 Å². The minimum atomic E-state index is -1.38. The number of aromatic nitrogens is 1. The van der Waals surface area contributed by atoms with E-state index in [1.165, 1.54) is 4.90 Å². The highest BCUT2D eigenvalue weighted by Gasteiger charge is 2.60. The summed E-state index contributed by atoms with van der Waals surface area (Å²) in [6.45, 7) is 5.67. The number of imide groups is 1. The first kappa shape index (κ1) is 25.2. The van der Waals surface area contributed by atoms with Crippen LogP contribution in [0, 0.1) is 5.92 Å². The predicted molar refractivity (Wildman–Crippen MR) is 130 cm³/mol. The van der Waals surface area contributed by atoms with Gasteiger partial charge in [0.15, 0.2) is 5.54 Å². The number of nitrogens with two attached hydrogens (primary N) is 1. The lowest BCUT2D eigenvalue weighted by atomic mass is 9.86. The smallest absolute Gasteiger partial charge is 0.328 e. The van der Waals surface area contributed by atoms with Crippen LogP contribution in [0.15, 0.2) is 24.3 Å². The summed E-state index contributed by atoms with van der Waals surface area (Å²) in [5.41, 5.74) is 6.27. The van der Waals surface area contributed by atoms with Gasteiger partial charge >= 0.3 is 12.0 Å². The summed E-state index contributed by atoms with van der Waals surface area (Å²) in [5, 5.41) is 12.9. The lowest BCUT2D eigenvalue weighted by Gasteiger charge is -2.36. The molecule has 1 saturated heterocycles. The number of para-hydroxylation sites is 1. The second-order valence-electron chi connectivity index (χ2n) is 10.0. The molecule has 11 heteroatoms. The maximum atomic E-state index is 14.0. The quantitative estimate of drug-likeness (QED) is 0.383. The van der Waals surface area contributed by atoms with Crippen LogP contribution < -0.4 is 11.1 Å². The molecular formula is C25H31N5O6. The second-order valence-corrected chi connectivity index (χ2v) is 10.0. The number of carboxylic acids is 1. The first-order chi connectivity index (χ1) is 17.0. The number of hydrogen-bond donors (Lipinski definition) is 4. The fraction of sp³-hybridized carbons (Fsp3) is 0.480. The van der Waals surface area contributed by atoms with Gasteiger partial charge in [0, 0.05) is 23.9 Å². The molecule has 2 aromatic rings. The lowest BCUT2D eigenvalue weighted by Crippen LogP contribution is -2.54. The molecule has 2 aliphatic rings. The number of H-pyrrole nitrogens is 1. The van der Waals surface area contributed by atoms with Gasteiger partial charge in [-0.1, -0.05) is 32.0 Å². The number of aromatic amines is 1. The molecule has 11 nitrogen and oxygen atoms in total. The summed E-state index contributed by atoms with van der Waals surface area (Å²) < 4.78 is 0. The third-order valence-electron chi connectivity index (χ3n) is 7.10. The van der Waals surface area contributed by atoms with Crippen LogP contribution in [0.25, 0.3) is 10.9 Å². The van der Waals surface area contributed by atoms with Crippen LogP contribution in [0.4, 0.5) is 4.79 Å². The Morgan fingerprint density at radius 1 is 1.22 bits per heavy atom. The number of nitrogens with zero attached hydrogens (tertiary/aromatic N) is 2. The van der Waals surface area contributed by atoms with Crippen molar-refractivity contribution in [3.05, 3.63) is 35.5 Å². The third kappa shape index (κ3) is 4.08. The minimum Gasteiger partial charge on any atom is -0.480 e. The summed E-state index contributed by atoms with van der Waals surface area (Å²) in [6, 6.07) is 4.50. The van der Waals surface area contributed by atoms with Gasteiger partial charge in [-0.2, -0.15) is 0 Å². The van der Waals surface area contributed by atoms with Gasteiger partial charge < -0.3 is 26.0 Å². The highest BCUT2D eigenvalue weighted by Crippen LogP contribution is 2.45. The van der Waals surface area contributed by atoms with Gasteiger partial charge in [0.2, 0.25) is 11.8 Å². The summed E-state index contributed by atoms with van der Waals surface area (Å²) in [5.74, 6) is -3.41. The van der Waals surface area contributed by atoms with E-state index in [4.69, 9.17) is 5.73 Å². The number of benzene rings is 1. The Morgan fingerprint density at radius 3 is 2.56 bits per heavy atom. The summed E-state index contributed by atoms with van der Waals surface area (Å²) >= 11 is 0. The average Bonchev–Trinajstić information content (AvgIpc) is 3.28. The Balaban J connectivity index is 1.69. The lowest BCUT2D eigenvalue weighted by molar-refractivity contribution is -0.144. The Bertz CT molecular complexity index is 1250. The van der Waals surface area contributed by atoms with Crippen LogP contribution in [0.3, 0.4) is 0 Å². The largest absolute Gasteiger partial charge is 0.480 e. The molecule has 0 aliphatic carbocycles. The fourth-order valence-corrected chi connectivity index (χ4v) is 5.28. The zero-order valence-electron chi connectivity index (χ0n) is 20.5. The van der Waals surface area contributed by atoms with Crippen molar-refractivity contribution in [2.75, 3.05) is 6.54 Å². The molecule has 0 bridgehead atoms. The van der Waals surface area contributed by atoms with Gasteiger partial charge in [0.05, 0.1) is 5.69 Å². The van der Waals surface area contributed by atoms with E-state index in [0.717, 1.165) is 21.4 Å². The van der Waals surface area contributed by atoms with Crippen molar-refractivity contribution < 1.29 is 29.1 Å². The molecule has 0 spiro atoms. The zero-order chi connectivity index (χ0) is 26.4. The number of urea groups is 1. The van der Waals surface area contributed by atoms with Gasteiger partial charge in [-0.25, -0.2) is 14.5 Å². The molecule has 192 valence electrons. The Kier molecular flexibility index (Phi) is 6.50. The molecule has 1 aromatic heterocycles. The number of amides is 5. The highest BCUT2D eigenvalue weighted by molar-refractivity contribution is 6.11. The third-order valence-corrected chi connectivity index (χ3v) is 7.10. The van der Waals surface area contributed by atoms with Crippen LogP contribution in [0.5, 0.6) is 0 Å². The number of nitrogens with one attached hydrogen (secondary N) is 2. The van der Waals surface area contributed by atoms with Crippen LogP contribution in [0.2, 0.25) is 0 Å². The number of primary amides is 1. The second kappa shape index (κ2) is 9.29. The first-order valence-corrected chi connectivity index (χ1v) is 12.0. The molecule has 1 fully saturated rings. The first-order valence-electron chi connectivity index (χ1n) is 12.0. The normalized spacial score (nSPS) is 20.9.